The van der Waals surface area contributed by atoms with Crippen LogP contribution in [0.4, 0.5) is 4.79 Å². The number of hydrogen-bond acceptors (Lipinski definition) is 5. The fraction of sp³-hybridized carbons (Fsp3) is 0.214. The molecule has 0 aliphatic heterocycles. The number of halogens is 1. The first-order chi connectivity index (χ1) is 10.1. The number of ether oxygens (including phenoxy) is 2. The predicted octanol–water partition coefficient (Wildman–Crippen LogP) is 3.40. The Kier molecular flexibility index (Phi) is 3.62. The summed E-state index contributed by atoms with van der Waals surface area (Å²) in [4.78, 5) is 18.3. The first-order valence-electron chi connectivity index (χ1n) is 6.31. The van der Waals surface area contributed by atoms with Gasteiger partial charge >= 0.3 is 6.16 Å². The van der Waals surface area contributed by atoms with Gasteiger partial charge in [-0.1, -0.05) is 11.6 Å². The zero-order valence-corrected chi connectivity index (χ0v) is 11.6. The lowest BCUT2D eigenvalue weighted by Crippen LogP contribution is -2.04. The first-order valence-corrected chi connectivity index (χ1v) is 6.69. The highest BCUT2D eigenvalue weighted by molar-refractivity contribution is 6.32. The number of carbonyl (C=O) groups is 1. The van der Waals surface area contributed by atoms with Gasteiger partial charge in [0.05, 0.1) is 16.8 Å². The molecular weight excluding hydrogens is 296 g/mol. The highest BCUT2D eigenvalue weighted by atomic mass is 35.5. The Balaban J connectivity index is 1.85. The number of hydrogen-bond donors (Lipinski definition) is 1. The van der Waals surface area contributed by atoms with E-state index in [0.717, 1.165) is 18.4 Å². The van der Waals surface area contributed by atoms with E-state index < -0.39 is 6.16 Å². The molecule has 0 saturated heterocycles. The van der Waals surface area contributed by atoms with E-state index in [1.54, 1.807) is 18.2 Å². The van der Waals surface area contributed by atoms with Gasteiger partial charge in [0, 0.05) is 11.6 Å². The van der Waals surface area contributed by atoms with E-state index in [0.29, 0.717) is 16.5 Å². The normalized spacial score (nSPS) is 13.8. The summed E-state index contributed by atoms with van der Waals surface area (Å²) >= 11 is 6.18. The van der Waals surface area contributed by atoms with Gasteiger partial charge in [-0.05, 0) is 31.0 Å². The molecule has 1 aromatic carbocycles. The highest BCUT2D eigenvalue weighted by Crippen LogP contribution is 2.34. The third-order valence-corrected chi connectivity index (χ3v) is 3.17. The van der Waals surface area contributed by atoms with Crippen LogP contribution in [0.15, 0.2) is 30.6 Å². The number of carboxylic acid groups (broad SMARTS) is 1. The summed E-state index contributed by atoms with van der Waals surface area (Å²) in [6, 6.07) is 6.72. The summed E-state index contributed by atoms with van der Waals surface area (Å²) in [5.74, 6) is 0.598. The van der Waals surface area contributed by atoms with E-state index in [1.807, 2.05) is 0 Å². The van der Waals surface area contributed by atoms with E-state index in [4.69, 9.17) is 21.4 Å². The molecule has 1 aliphatic carbocycles. The second-order valence-corrected chi connectivity index (χ2v) is 4.98. The molecule has 0 atom stereocenters. The van der Waals surface area contributed by atoms with Crippen molar-refractivity contribution in [2.45, 2.75) is 18.9 Å². The van der Waals surface area contributed by atoms with Crippen molar-refractivity contribution >= 4 is 17.8 Å². The lowest BCUT2D eigenvalue weighted by molar-refractivity contribution is 0.142. The quantitative estimate of drug-likeness (QED) is 0.872. The first kappa shape index (κ1) is 13.6. The maximum Gasteiger partial charge on any atom is 0.512 e. The number of benzene rings is 1. The van der Waals surface area contributed by atoms with Crippen molar-refractivity contribution in [3.8, 4) is 22.9 Å². The maximum atomic E-state index is 10.5. The summed E-state index contributed by atoms with van der Waals surface area (Å²) in [7, 11) is 0. The van der Waals surface area contributed by atoms with Gasteiger partial charge in [-0.3, -0.25) is 0 Å². The third-order valence-electron chi connectivity index (χ3n) is 2.88. The molecule has 108 valence electrons. The fourth-order valence-electron chi connectivity index (χ4n) is 1.76. The van der Waals surface area contributed by atoms with Gasteiger partial charge in [0.1, 0.15) is 12.1 Å². The zero-order valence-electron chi connectivity index (χ0n) is 10.8. The van der Waals surface area contributed by atoms with Crippen molar-refractivity contribution in [1.82, 2.24) is 9.97 Å². The summed E-state index contributed by atoms with van der Waals surface area (Å²) in [5.41, 5.74) is 1.24. The van der Waals surface area contributed by atoms with Crippen LogP contribution in [0, 0.1) is 0 Å². The maximum absolute atomic E-state index is 10.5. The molecule has 0 spiro atoms. The van der Waals surface area contributed by atoms with E-state index in [9.17, 15) is 4.79 Å². The molecule has 21 heavy (non-hydrogen) atoms. The van der Waals surface area contributed by atoms with Crippen molar-refractivity contribution in [2.24, 2.45) is 0 Å². The number of rotatable bonds is 4. The van der Waals surface area contributed by atoms with Crippen LogP contribution in [0.2, 0.25) is 5.02 Å². The van der Waals surface area contributed by atoms with Crippen LogP contribution in [0.25, 0.3) is 11.3 Å². The van der Waals surface area contributed by atoms with Crippen LogP contribution in [0.3, 0.4) is 0 Å². The SMILES string of the molecule is O=C(O)Oc1cc(-c2ccc(OC3CC3)c(Cl)c2)ncn1. The van der Waals surface area contributed by atoms with Crippen molar-refractivity contribution < 1.29 is 19.4 Å². The second kappa shape index (κ2) is 5.57. The predicted molar refractivity (Wildman–Crippen MR) is 74.8 cm³/mol. The van der Waals surface area contributed by atoms with Gasteiger partial charge in [-0.25, -0.2) is 14.8 Å². The van der Waals surface area contributed by atoms with Crippen LogP contribution in [0.1, 0.15) is 12.8 Å². The molecule has 2 aromatic rings. The summed E-state index contributed by atoms with van der Waals surface area (Å²) in [5, 5.41) is 9.06. The minimum Gasteiger partial charge on any atom is -0.489 e. The van der Waals surface area contributed by atoms with Crippen LogP contribution in [-0.2, 0) is 0 Å². The average Bonchev–Trinajstić information content (AvgIpc) is 3.25. The minimum atomic E-state index is -1.43. The minimum absolute atomic E-state index is 0.0399. The Morgan fingerprint density at radius 1 is 1.29 bits per heavy atom. The Morgan fingerprint density at radius 3 is 2.76 bits per heavy atom. The van der Waals surface area contributed by atoms with Gasteiger partial charge < -0.3 is 14.6 Å². The molecule has 0 radical (unpaired) electrons. The molecule has 6 nitrogen and oxygen atoms in total. The van der Waals surface area contributed by atoms with Gasteiger partial charge in [-0.15, -0.1) is 0 Å². The molecular formula is C14H11ClN2O4. The Hall–Kier alpha value is -2.34. The number of aromatic nitrogens is 2. The van der Waals surface area contributed by atoms with Crippen molar-refractivity contribution in [3.05, 3.63) is 35.6 Å². The lowest BCUT2D eigenvalue weighted by Gasteiger charge is -2.08. The fourth-order valence-corrected chi connectivity index (χ4v) is 1.99. The number of nitrogens with zero attached hydrogens (tertiary/aromatic N) is 2. The zero-order chi connectivity index (χ0) is 14.8. The third kappa shape index (κ3) is 3.41. The molecule has 0 bridgehead atoms. The van der Waals surface area contributed by atoms with Gasteiger partial charge in [-0.2, -0.15) is 0 Å². The second-order valence-electron chi connectivity index (χ2n) is 4.57. The van der Waals surface area contributed by atoms with E-state index >= 15 is 0 Å². The van der Waals surface area contributed by atoms with Gasteiger partial charge in [0.25, 0.3) is 0 Å². The van der Waals surface area contributed by atoms with Crippen molar-refractivity contribution in [1.29, 1.82) is 0 Å². The monoisotopic (exact) mass is 306 g/mol. The van der Waals surface area contributed by atoms with E-state index in [2.05, 4.69) is 14.7 Å². The average molecular weight is 307 g/mol. The highest BCUT2D eigenvalue weighted by Gasteiger charge is 2.24. The molecule has 0 amide bonds. The van der Waals surface area contributed by atoms with E-state index in [-0.39, 0.29) is 12.0 Å². The summed E-state index contributed by atoms with van der Waals surface area (Å²) < 4.78 is 10.2. The largest absolute Gasteiger partial charge is 0.512 e. The van der Waals surface area contributed by atoms with Crippen molar-refractivity contribution in [3.63, 3.8) is 0 Å². The molecule has 1 saturated carbocycles. The molecule has 3 rings (SSSR count). The Labute approximate surface area is 125 Å². The standard InChI is InChI=1S/C14H11ClN2O4/c15-10-5-8(1-4-12(10)20-9-2-3-9)11-6-13(17-7-16-11)21-14(18)19/h1,4-7,9H,2-3H2,(H,18,19). The summed E-state index contributed by atoms with van der Waals surface area (Å²) in [6.07, 6.45) is 2.18. The van der Waals surface area contributed by atoms with Crippen LogP contribution < -0.4 is 9.47 Å². The lowest BCUT2D eigenvalue weighted by atomic mass is 10.1. The molecule has 1 N–H and O–H groups in total. The van der Waals surface area contributed by atoms with E-state index in [1.165, 1.54) is 12.4 Å². The van der Waals surface area contributed by atoms with Gasteiger partial charge in [0.15, 0.2) is 0 Å². The van der Waals surface area contributed by atoms with Crippen LogP contribution in [-0.4, -0.2) is 27.3 Å². The smallest absolute Gasteiger partial charge is 0.489 e. The Bertz CT molecular complexity index is 688. The summed E-state index contributed by atoms with van der Waals surface area (Å²) in [6.45, 7) is 0. The topological polar surface area (TPSA) is 81.5 Å². The Morgan fingerprint density at radius 2 is 2.10 bits per heavy atom. The molecule has 7 heteroatoms. The molecule has 1 aliphatic rings. The van der Waals surface area contributed by atoms with Crippen molar-refractivity contribution in [2.75, 3.05) is 0 Å². The van der Waals surface area contributed by atoms with Crippen LogP contribution >= 0.6 is 11.6 Å². The molecule has 1 fully saturated rings. The van der Waals surface area contributed by atoms with Crippen LogP contribution in [0.5, 0.6) is 11.6 Å². The molecule has 1 aromatic heterocycles. The van der Waals surface area contributed by atoms with Gasteiger partial charge in [0.2, 0.25) is 5.88 Å². The molecule has 1 heterocycles. The molecule has 0 unspecified atom stereocenters.